The highest BCUT2D eigenvalue weighted by Gasteiger charge is 2.26. The number of likely N-dealkylation sites (N-methyl/N-ethyl adjacent to an activating group) is 1. The number of fused-ring (bicyclic) bond motifs is 1. The van der Waals surface area contributed by atoms with Gasteiger partial charge in [-0.15, -0.1) is 0 Å². The van der Waals surface area contributed by atoms with E-state index in [4.69, 9.17) is 9.15 Å². The number of ether oxygens (including phenoxy) is 1. The van der Waals surface area contributed by atoms with E-state index in [9.17, 15) is 22.8 Å². The zero-order chi connectivity index (χ0) is 29.7. The summed E-state index contributed by atoms with van der Waals surface area (Å²) in [5.74, 6) is -0.550. The van der Waals surface area contributed by atoms with Gasteiger partial charge in [-0.3, -0.25) is 10.1 Å². The molecule has 1 atom stereocenters. The predicted molar refractivity (Wildman–Crippen MR) is 155 cm³/mol. The van der Waals surface area contributed by atoms with Gasteiger partial charge in [0, 0.05) is 32.1 Å². The summed E-state index contributed by atoms with van der Waals surface area (Å²) < 4.78 is 34.4. The van der Waals surface area contributed by atoms with Crippen molar-refractivity contribution < 1.29 is 27.2 Å². The van der Waals surface area contributed by atoms with Gasteiger partial charge in [-0.25, -0.2) is 18.0 Å². The van der Waals surface area contributed by atoms with Crippen LogP contribution in [0.25, 0.3) is 10.9 Å². The Labute approximate surface area is 235 Å². The highest BCUT2D eigenvalue weighted by molar-refractivity contribution is 7.90. The third kappa shape index (κ3) is 9.19. The summed E-state index contributed by atoms with van der Waals surface area (Å²) in [6.07, 6.45) is 3.92. The quantitative estimate of drug-likeness (QED) is 0.430. The average Bonchev–Trinajstić information content (AvgIpc) is 2.85. The number of amides is 2. The van der Waals surface area contributed by atoms with Gasteiger partial charge in [-0.1, -0.05) is 6.42 Å². The summed E-state index contributed by atoms with van der Waals surface area (Å²) >= 11 is 0. The molecule has 0 aliphatic carbocycles. The molecule has 1 fully saturated rings. The van der Waals surface area contributed by atoms with Crippen LogP contribution in [0.5, 0.6) is 0 Å². The Kier molecular flexibility index (Phi) is 10.2. The van der Waals surface area contributed by atoms with E-state index < -0.39 is 33.2 Å². The number of carbonyl (C=O) groups excluding carboxylic acids is 2. The van der Waals surface area contributed by atoms with Crippen LogP contribution < -0.4 is 16.3 Å². The van der Waals surface area contributed by atoms with E-state index in [0.29, 0.717) is 23.3 Å². The molecule has 0 spiro atoms. The Hall–Kier alpha value is -3.19. The molecule has 1 aliphatic rings. The molecule has 12 nitrogen and oxygen atoms in total. The van der Waals surface area contributed by atoms with Crippen LogP contribution in [0.15, 0.2) is 21.3 Å². The van der Waals surface area contributed by atoms with Crippen molar-refractivity contribution in [3.63, 3.8) is 0 Å². The maximum atomic E-state index is 13.3. The maximum Gasteiger partial charge on any atom is 0.412 e. The number of nitrogens with zero attached hydrogens (tertiary/aromatic N) is 3. The highest BCUT2D eigenvalue weighted by atomic mass is 32.2. The first kappa shape index (κ1) is 31.3. The fourth-order valence-electron chi connectivity index (χ4n) is 4.52. The van der Waals surface area contributed by atoms with Crippen molar-refractivity contribution in [3.05, 3.63) is 28.1 Å². The zero-order valence-corrected chi connectivity index (χ0v) is 25.0. The molecule has 40 heavy (non-hydrogen) atoms. The molecule has 2 aromatic rings. The summed E-state index contributed by atoms with van der Waals surface area (Å²) in [6, 6.07) is 1.98. The molecule has 0 bridgehead atoms. The minimum absolute atomic E-state index is 0.0209. The van der Waals surface area contributed by atoms with Crippen LogP contribution in [0.4, 0.5) is 16.5 Å². The smallest absolute Gasteiger partial charge is 0.412 e. The molecule has 1 saturated heterocycles. The van der Waals surface area contributed by atoms with Gasteiger partial charge < -0.3 is 24.3 Å². The number of sulfone groups is 1. The first-order chi connectivity index (χ1) is 18.6. The van der Waals surface area contributed by atoms with E-state index in [2.05, 4.69) is 20.5 Å². The highest BCUT2D eigenvalue weighted by Crippen LogP contribution is 2.24. The monoisotopic (exact) mass is 579 g/mol. The van der Waals surface area contributed by atoms with Crippen molar-refractivity contribution in [2.75, 3.05) is 55.9 Å². The molecule has 1 aromatic heterocycles. The number of nitrogens with one attached hydrogen (secondary N) is 2. The molecular formula is C27H41N5O7S. The van der Waals surface area contributed by atoms with Crippen LogP contribution >= 0.6 is 0 Å². The fourth-order valence-corrected chi connectivity index (χ4v) is 5.18. The number of rotatable bonds is 10. The molecule has 222 valence electrons. The number of anilines is 2. The lowest BCUT2D eigenvalue weighted by atomic mass is 10.1. The lowest BCUT2D eigenvalue weighted by molar-refractivity contribution is -0.131. The number of likely N-dealkylation sites (tertiary alicyclic amines) is 1. The van der Waals surface area contributed by atoms with E-state index in [1.807, 2.05) is 0 Å². The second kappa shape index (κ2) is 13.0. The van der Waals surface area contributed by atoms with E-state index in [1.54, 1.807) is 51.8 Å². The number of aromatic nitrogens is 1. The third-order valence-electron chi connectivity index (χ3n) is 6.64. The number of benzene rings is 1. The second-order valence-corrected chi connectivity index (χ2v) is 13.6. The lowest BCUT2D eigenvalue weighted by Crippen LogP contribution is -2.45. The SMILES string of the molecule is Cc1c(NC(=O)OC(C)(C)C)ccc2nc(N[C@@H](CCS(C)(=O)=O)C(=O)N(C)CCN3CCCCC3)oc(=O)c12. The molecule has 13 heteroatoms. The minimum atomic E-state index is -3.35. The largest absolute Gasteiger partial charge is 0.444 e. The summed E-state index contributed by atoms with van der Waals surface area (Å²) in [4.78, 5) is 46.8. The molecular weight excluding hydrogens is 538 g/mol. The topological polar surface area (TPSA) is 151 Å². The minimum Gasteiger partial charge on any atom is -0.444 e. The summed E-state index contributed by atoms with van der Waals surface area (Å²) in [6.45, 7) is 10.1. The van der Waals surface area contributed by atoms with Gasteiger partial charge in [0.05, 0.1) is 16.7 Å². The molecule has 0 unspecified atom stereocenters. The molecule has 0 radical (unpaired) electrons. The maximum absolute atomic E-state index is 13.3. The first-order valence-electron chi connectivity index (χ1n) is 13.5. The predicted octanol–water partition coefficient (Wildman–Crippen LogP) is 3.00. The lowest BCUT2D eigenvalue weighted by Gasteiger charge is -2.30. The third-order valence-corrected chi connectivity index (χ3v) is 7.62. The van der Waals surface area contributed by atoms with Crippen molar-refractivity contribution in [1.82, 2.24) is 14.8 Å². The van der Waals surface area contributed by atoms with Crippen LogP contribution in [0, 0.1) is 6.92 Å². The molecule has 2 amide bonds. The Morgan fingerprint density at radius 3 is 2.50 bits per heavy atom. The Morgan fingerprint density at radius 2 is 1.88 bits per heavy atom. The van der Waals surface area contributed by atoms with E-state index in [1.165, 1.54) is 6.42 Å². The van der Waals surface area contributed by atoms with E-state index in [0.717, 1.165) is 38.7 Å². The molecule has 1 aliphatic heterocycles. The summed E-state index contributed by atoms with van der Waals surface area (Å²) in [5.41, 5.74) is -0.307. The number of aryl methyl sites for hydroxylation is 1. The van der Waals surface area contributed by atoms with Crippen LogP contribution in [0.3, 0.4) is 0 Å². The van der Waals surface area contributed by atoms with Crippen LogP contribution in [0.2, 0.25) is 0 Å². The molecule has 0 saturated carbocycles. The molecule has 1 aromatic carbocycles. The standard InChI is InChI=1S/C27H41N5O7S/c1-18-19(30-26(35)39-27(2,3)4)10-11-20-22(18)24(34)38-25(28-20)29-21(12-17-40(6,36)37)23(33)31(5)15-16-32-13-8-7-9-14-32/h10-11,21H,7-9,12-17H2,1-6H3,(H,28,29)(H,30,35)/t21-/m0/s1. The van der Waals surface area contributed by atoms with Crippen LogP contribution in [-0.2, 0) is 19.4 Å². The van der Waals surface area contributed by atoms with Crippen molar-refractivity contribution in [3.8, 4) is 0 Å². The summed E-state index contributed by atoms with van der Waals surface area (Å²) in [5, 5.41) is 5.65. The average molecular weight is 580 g/mol. The van der Waals surface area contributed by atoms with E-state index in [-0.39, 0.29) is 29.5 Å². The van der Waals surface area contributed by atoms with Gasteiger partial charge in [0.2, 0.25) is 5.91 Å². The molecule has 2 N–H and O–H groups in total. The summed E-state index contributed by atoms with van der Waals surface area (Å²) in [7, 11) is -1.68. The normalized spacial score (nSPS) is 15.4. The first-order valence-corrected chi connectivity index (χ1v) is 15.5. The second-order valence-electron chi connectivity index (χ2n) is 11.3. The van der Waals surface area contributed by atoms with Gasteiger partial charge in [0.1, 0.15) is 21.5 Å². The van der Waals surface area contributed by atoms with Crippen molar-refractivity contribution in [2.24, 2.45) is 0 Å². The van der Waals surface area contributed by atoms with Gasteiger partial charge in [-0.05, 0) is 77.7 Å². The van der Waals surface area contributed by atoms with Crippen LogP contribution in [0.1, 0.15) is 52.0 Å². The van der Waals surface area contributed by atoms with Gasteiger partial charge in [0.25, 0.3) is 6.01 Å². The van der Waals surface area contributed by atoms with Crippen molar-refractivity contribution >= 4 is 44.4 Å². The van der Waals surface area contributed by atoms with Gasteiger partial charge in [0.15, 0.2) is 0 Å². The van der Waals surface area contributed by atoms with Crippen molar-refractivity contribution in [2.45, 2.75) is 65.0 Å². The van der Waals surface area contributed by atoms with Gasteiger partial charge in [-0.2, -0.15) is 4.98 Å². The van der Waals surface area contributed by atoms with E-state index >= 15 is 0 Å². The number of carbonyl (C=O) groups is 2. The van der Waals surface area contributed by atoms with Gasteiger partial charge >= 0.3 is 11.7 Å². The fraction of sp³-hybridized carbons (Fsp3) is 0.630. The Bertz CT molecular complexity index is 1380. The molecule has 2 heterocycles. The zero-order valence-electron chi connectivity index (χ0n) is 24.2. The van der Waals surface area contributed by atoms with Crippen LogP contribution in [-0.4, -0.2) is 92.1 Å². The van der Waals surface area contributed by atoms with Crippen molar-refractivity contribution in [1.29, 1.82) is 0 Å². The Balaban J connectivity index is 1.81. The molecule has 3 rings (SSSR count). The number of piperidine rings is 1. The number of hydrogen-bond acceptors (Lipinski definition) is 10. The number of hydrogen-bond donors (Lipinski definition) is 2. The Morgan fingerprint density at radius 1 is 1.20 bits per heavy atom.